The molecule has 0 amide bonds. The molecule has 1 heteroatoms. The lowest BCUT2D eigenvalue weighted by molar-refractivity contribution is 0.125. The van der Waals surface area contributed by atoms with Gasteiger partial charge in [-0.15, -0.1) is 0 Å². The number of hydrogen-bond acceptors (Lipinski definition) is 1. The molecule has 0 atom stereocenters. The highest BCUT2D eigenvalue weighted by atomic mass is 16.3. The first-order valence-electron chi connectivity index (χ1n) is 9.41. The van der Waals surface area contributed by atoms with Gasteiger partial charge in [0.1, 0.15) is 5.60 Å². The van der Waals surface area contributed by atoms with E-state index in [0.717, 1.165) is 29.5 Å². The summed E-state index contributed by atoms with van der Waals surface area (Å²) in [5, 5.41) is 12.1. The zero-order valence-corrected chi connectivity index (χ0v) is 15.8. The second-order valence-electron chi connectivity index (χ2n) is 8.35. The number of fused-ring (bicyclic) bond motifs is 2. The predicted molar refractivity (Wildman–Crippen MR) is 108 cm³/mol. The Morgan fingerprint density at radius 3 is 1.62 bits per heavy atom. The Balaban J connectivity index is 1.96. The first-order valence-corrected chi connectivity index (χ1v) is 9.41. The van der Waals surface area contributed by atoms with Crippen LogP contribution in [0.15, 0.2) is 72.8 Å². The van der Waals surface area contributed by atoms with E-state index in [-0.39, 0.29) is 5.41 Å². The average Bonchev–Trinajstić information content (AvgIpc) is 2.78. The summed E-state index contributed by atoms with van der Waals surface area (Å²) >= 11 is 0. The third-order valence-electron chi connectivity index (χ3n) is 5.65. The lowest BCUT2D eigenvalue weighted by Crippen LogP contribution is -2.30. The van der Waals surface area contributed by atoms with Gasteiger partial charge in [0.25, 0.3) is 0 Å². The molecule has 0 aliphatic heterocycles. The van der Waals surface area contributed by atoms with Crippen molar-refractivity contribution >= 4 is 0 Å². The van der Waals surface area contributed by atoms with Crippen molar-refractivity contribution in [3.8, 4) is 0 Å². The van der Waals surface area contributed by atoms with Gasteiger partial charge in [0.15, 0.2) is 0 Å². The Morgan fingerprint density at radius 2 is 1.15 bits per heavy atom. The van der Waals surface area contributed by atoms with Gasteiger partial charge in [-0.1, -0.05) is 93.6 Å². The maximum atomic E-state index is 12.1. The van der Waals surface area contributed by atoms with Gasteiger partial charge in [-0.3, -0.25) is 0 Å². The molecule has 3 aromatic carbocycles. The van der Waals surface area contributed by atoms with Gasteiger partial charge in [-0.05, 0) is 51.6 Å². The summed E-state index contributed by atoms with van der Waals surface area (Å²) in [5.41, 5.74) is 5.67. The second-order valence-corrected chi connectivity index (χ2v) is 8.35. The van der Waals surface area contributed by atoms with Crippen LogP contribution in [0.1, 0.15) is 54.2 Å². The molecule has 1 aliphatic rings. The van der Waals surface area contributed by atoms with Crippen LogP contribution in [0, 0.1) is 0 Å². The van der Waals surface area contributed by atoms with E-state index in [1.165, 1.54) is 16.7 Å². The second kappa shape index (κ2) is 6.10. The fourth-order valence-corrected chi connectivity index (χ4v) is 4.12. The van der Waals surface area contributed by atoms with Gasteiger partial charge in [-0.2, -0.15) is 0 Å². The molecule has 0 heterocycles. The average molecular weight is 342 g/mol. The normalized spacial score (nSPS) is 15.7. The number of aliphatic hydroxyl groups is 1. The van der Waals surface area contributed by atoms with E-state index in [1.54, 1.807) is 0 Å². The molecule has 1 nitrogen and oxygen atoms in total. The first kappa shape index (κ1) is 17.1. The van der Waals surface area contributed by atoms with Crippen LogP contribution in [-0.2, 0) is 23.9 Å². The lowest BCUT2D eigenvalue weighted by Gasteiger charge is -2.32. The Hall–Kier alpha value is -2.38. The zero-order valence-electron chi connectivity index (χ0n) is 15.8. The van der Waals surface area contributed by atoms with Gasteiger partial charge < -0.3 is 5.11 Å². The molecule has 0 unspecified atom stereocenters. The number of benzene rings is 3. The number of aryl methyl sites for hydroxylation is 2. The fourth-order valence-electron chi connectivity index (χ4n) is 4.12. The van der Waals surface area contributed by atoms with Crippen molar-refractivity contribution in [1.82, 2.24) is 0 Å². The quantitative estimate of drug-likeness (QED) is 0.630. The van der Waals surface area contributed by atoms with Crippen molar-refractivity contribution in [2.45, 2.75) is 44.6 Å². The predicted octanol–water partition coefficient (Wildman–Crippen LogP) is 5.37. The smallest absolute Gasteiger partial charge is 0.141 e. The molecule has 0 spiro atoms. The highest BCUT2D eigenvalue weighted by Crippen LogP contribution is 2.42. The summed E-state index contributed by atoms with van der Waals surface area (Å²) < 4.78 is 0. The largest absolute Gasteiger partial charge is 0.376 e. The highest BCUT2D eigenvalue weighted by Gasteiger charge is 2.38. The van der Waals surface area contributed by atoms with Crippen molar-refractivity contribution in [1.29, 1.82) is 0 Å². The minimum Gasteiger partial charge on any atom is -0.376 e. The molecule has 0 saturated carbocycles. The molecular weight excluding hydrogens is 316 g/mol. The van der Waals surface area contributed by atoms with Crippen LogP contribution in [0.2, 0.25) is 0 Å². The van der Waals surface area contributed by atoms with Gasteiger partial charge in [0, 0.05) is 0 Å². The zero-order chi connectivity index (χ0) is 18.4. The van der Waals surface area contributed by atoms with Crippen molar-refractivity contribution in [3.05, 3.63) is 106 Å². The van der Waals surface area contributed by atoms with E-state index in [1.807, 2.05) is 12.1 Å². The minimum atomic E-state index is -1.11. The molecule has 0 radical (unpaired) electrons. The van der Waals surface area contributed by atoms with E-state index in [9.17, 15) is 5.11 Å². The lowest BCUT2D eigenvalue weighted by atomic mass is 9.77. The molecule has 4 rings (SSSR count). The Kier molecular flexibility index (Phi) is 4.00. The topological polar surface area (TPSA) is 20.2 Å². The third-order valence-corrected chi connectivity index (χ3v) is 5.65. The maximum Gasteiger partial charge on any atom is 0.141 e. The highest BCUT2D eigenvalue weighted by molar-refractivity contribution is 5.54. The van der Waals surface area contributed by atoms with Crippen molar-refractivity contribution in [2.24, 2.45) is 0 Å². The van der Waals surface area contributed by atoms with E-state index in [2.05, 4.69) is 81.4 Å². The van der Waals surface area contributed by atoms with Crippen LogP contribution in [0.5, 0.6) is 0 Å². The Labute approximate surface area is 156 Å². The standard InChI is InChI=1S/C25H26O/c1-24(2,3)20-14-16-21(17-15-20)25(26)22-10-6-4-8-18(22)12-13-19-9-5-7-11-23(19)25/h4-11,14-17,26H,12-13H2,1-3H3. The van der Waals surface area contributed by atoms with Crippen molar-refractivity contribution in [2.75, 3.05) is 0 Å². The molecule has 3 aromatic rings. The Morgan fingerprint density at radius 1 is 0.692 bits per heavy atom. The SMILES string of the molecule is CC(C)(C)c1ccc(C2(O)c3ccccc3CCc3ccccc32)cc1. The summed E-state index contributed by atoms with van der Waals surface area (Å²) in [7, 11) is 0. The van der Waals surface area contributed by atoms with Gasteiger partial charge in [-0.25, -0.2) is 0 Å². The molecule has 0 fully saturated rings. The molecule has 0 saturated heterocycles. The summed E-state index contributed by atoms with van der Waals surface area (Å²) in [4.78, 5) is 0. The van der Waals surface area contributed by atoms with Crippen LogP contribution in [-0.4, -0.2) is 5.11 Å². The van der Waals surface area contributed by atoms with Crippen molar-refractivity contribution in [3.63, 3.8) is 0 Å². The molecule has 132 valence electrons. The van der Waals surface area contributed by atoms with Crippen LogP contribution < -0.4 is 0 Å². The van der Waals surface area contributed by atoms with Gasteiger partial charge >= 0.3 is 0 Å². The maximum absolute atomic E-state index is 12.1. The summed E-state index contributed by atoms with van der Waals surface area (Å²) in [6, 6.07) is 25.2. The van der Waals surface area contributed by atoms with E-state index >= 15 is 0 Å². The fraction of sp³-hybridized carbons (Fsp3) is 0.280. The monoisotopic (exact) mass is 342 g/mol. The van der Waals surface area contributed by atoms with Crippen LogP contribution >= 0.6 is 0 Å². The molecular formula is C25H26O. The van der Waals surface area contributed by atoms with E-state index in [0.29, 0.717) is 0 Å². The van der Waals surface area contributed by atoms with Crippen LogP contribution in [0.3, 0.4) is 0 Å². The van der Waals surface area contributed by atoms with E-state index in [4.69, 9.17) is 0 Å². The minimum absolute atomic E-state index is 0.0976. The summed E-state index contributed by atoms with van der Waals surface area (Å²) in [6.45, 7) is 6.65. The molecule has 26 heavy (non-hydrogen) atoms. The number of rotatable bonds is 1. The molecule has 1 aliphatic carbocycles. The first-order chi connectivity index (χ1) is 12.4. The molecule has 0 aromatic heterocycles. The van der Waals surface area contributed by atoms with Gasteiger partial charge in [0.05, 0.1) is 0 Å². The van der Waals surface area contributed by atoms with Crippen LogP contribution in [0.4, 0.5) is 0 Å². The number of hydrogen-bond donors (Lipinski definition) is 1. The summed E-state index contributed by atoms with van der Waals surface area (Å²) in [6.07, 6.45) is 1.91. The third kappa shape index (κ3) is 2.68. The van der Waals surface area contributed by atoms with E-state index < -0.39 is 5.60 Å². The molecule has 1 N–H and O–H groups in total. The Bertz CT molecular complexity index is 881. The summed E-state index contributed by atoms with van der Waals surface area (Å²) in [5.74, 6) is 0. The van der Waals surface area contributed by atoms with Gasteiger partial charge in [0.2, 0.25) is 0 Å². The molecule has 0 bridgehead atoms. The van der Waals surface area contributed by atoms with Crippen LogP contribution in [0.25, 0.3) is 0 Å². The van der Waals surface area contributed by atoms with Crippen molar-refractivity contribution < 1.29 is 5.11 Å².